The molecule has 0 unspecified atom stereocenters. The molecule has 5 heteroatoms. The number of pyridine rings is 1. The second kappa shape index (κ2) is 6.07. The van der Waals surface area contributed by atoms with Gasteiger partial charge in [-0.25, -0.2) is 0 Å². The third-order valence-corrected chi connectivity index (χ3v) is 2.14. The van der Waals surface area contributed by atoms with Crippen LogP contribution < -0.4 is 16.2 Å². The van der Waals surface area contributed by atoms with Gasteiger partial charge in [0.2, 0.25) is 5.91 Å². The molecule has 1 aromatic rings. The Morgan fingerprint density at radius 3 is 2.75 bits per heavy atom. The molecule has 0 saturated heterocycles. The Kier molecular flexibility index (Phi) is 4.72. The molecule has 1 rings (SSSR count). The number of anilines is 1. The highest BCUT2D eigenvalue weighted by molar-refractivity contribution is 5.92. The number of carbonyl (C=O) groups excluding carboxylic acids is 1. The monoisotopic (exact) mass is 223 g/mol. The number of hydrogen-bond donors (Lipinski definition) is 2. The highest BCUT2D eigenvalue weighted by atomic mass is 16.2. The molecule has 5 nitrogen and oxygen atoms in total. The standard InChI is InChI=1S/C11H17N3O2/c1-3-12-7-10(15)13-9-5-6-11(16)14(4-2)8-9/h5-6,8,12H,3-4,7H2,1-2H3,(H,13,15). The number of rotatable bonds is 5. The molecule has 0 aromatic carbocycles. The molecular formula is C11H17N3O2. The van der Waals surface area contributed by atoms with E-state index in [4.69, 9.17) is 0 Å². The Balaban J connectivity index is 2.67. The van der Waals surface area contributed by atoms with E-state index in [1.807, 2.05) is 13.8 Å². The Labute approximate surface area is 94.5 Å². The molecule has 16 heavy (non-hydrogen) atoms. The number of aryl methyl sites for hydroxylation is 1. The van der Waals surface area contributed by atoms with Crippen LogP contribution in [0.4, 0.5) is 5.69 Å². The summed E-state index contributed by atoms with van der Waals surface area (Å²) in [5.41, 5.74) is 0.580. The summed E-state index contributed by atoms with van der Waals surface area (Å²) in [6.07, 6.45) is 1.65. The van der Waals surface area contributed by atoms with Gasteiger partial charge in [0.25, 0.3) is 5.56 Å². The Bertz CT molecular complexity index is 412. The highest BCUT2D eigenvalue weighted by Gasteiger charge is 2.02. The summed E-state index contributed by atoms with van der Waals surface area (Å²) in [5.74, 6) is -0.108. The van der Waals surface area contributed by atoms with E-state index in [1.165, 1.54) is 6.07 Å². The minimum Gasteiger partial charge on any atom is -0.324 e. The lowest BCUT2D eigenvalue weighted by molar-refractivity contribution is -0.115. The van der Waals surface area contributed by atoms with Crippen molar-refractivity contribution >= 4 is 11.6 Å². The lowest BCUT2D eigenvalue weighted by atomic mass is 10.4. The van der Waals surface area contributed by atoms with Gasteiger partial charge in [-0.3, -0.25) is 9.59 Å². The van der Waals surface area contributed by atoms with Crippen molar-refractivity contribution in [3.8, 4) is 0 Å². The van der Waals surface area contributed by atoms with Crippen molar-refractivity contribution in [3.05, 3.63) is 28.7 Å². The largest absolute Gasteiger partial charge is 0.324 e. The maximum absolute atomic E-state index is 11.4. The summed E-state index contributed by atoms with van der Waals surface area (Å²) in [7, 11) is 0. The average molecular weight is 223 g/mol. The van der Waals surface area contributed by atoms with Crippen LogP contribution in [0.2, 0.25) is 0 Å². The first kappa shape index (κ1) is 12.4. The van der Waals surface area contributed by atoms with Crippen molar-refractivity contribution in [1.29, 1.82) is 0 Å². The molecule has 2 N–H and O–H groups in total. The summed E-state index contributed by atoms with van der Waals surface area (Å²) >= 11 is 0. The number of likely N-dealkylation sites (N-methyl/N-ethyl adjacent to an activating group) is 1. The maximum atomic E-state index is 11.4. The fourth-order valence-corrected chi connectivity index (χ4v) is 1.30. The van der Waals surface area contributed by atoms with Gasteiger partial charge >= 0.3 is 0 Å². The van der Waals surface area contributed by atoms with Gasteiger partial charge in [-0.2, -0.15) is 0 Å². The van der Waals surface area contributed by atoms with Crippen LogP contribution in [0.5, 0.6) is 0 Å². The molecule has 0 atom stereocenters. The molecule has 0 fully saturated rings. The summed E-state index contributed by atoms with van der Waals surface area (Å²) in [4.78, 5) is 22.7. The van der Waals surface area contributed by atoms with Crippen LogP contribution >= 0.6 is 0 Å². The van der Waals surface area contributed by atoms with Gasteiger partial charge < -0.3 is 15.2 Å². The summed E-state index contributed by atoms with van der Waals surface area (Å²) in [6, 6.07) is 3.06. The fraction of sp³-hybridized carbons (Fsp3) is 0.455. The first-order chi connectivity index (χ1) is 7.67. The Morgan fingerprint density at radius 1 is 1.38 bits per heavy atom. The third kappa shape index (κ3) is 3.51. The van der Waals surface area contributed by atoms with E-state index in [-0.39, 0.29) is 18.0 Å². The summed E-state index contributed by atoms with van der Waals surface area (Å²) in [5, 5.41) is 5.65. The number of carbonyl (C=O) groups is 1. The predicted octanol–water partition coefficient (Wildman–Crippen LogP) is 0.416. The van der Waals surface area contributed by atoms with Crippen molar-refractivity contribution in [2.75, 3.05) is 18.4 Å². The van der Waals surface area contributed by atoms with E-state index in [0.29, 0.717) is 12.2 Å². The zero-order valence-electron chi connectivity index (χ0n) is 9.62. The lowest BCUT2D eigenvalue weighted by Gasteiger charge is -2.07. The zero-order valence-corrected chi connectivity index (χ0v) is 9.62. The van der Waals surface area contributed by atoms with E-state index >= 15 is 0 Å². The lowest BCUT2D eigenvalue weighted by Crippen LogP contribution is -2.28. The Morgan fingerprint density at radius 2 is 2.12 bits per heavy atom. The van der Waals surface area contributed by atoms with Gasteiger partial charge in [0.1, 0.15) is 0 Å². The molecule has 0 aliphatic heterocycles. The van der Waals surface area contributed by atoms with Gasteiger partial charge in [-0.15, -0.1) is 0 Å². The Hall–Kier alpha value is -1.62. The van der Waals surface area contributed by atoms with Crippen LogP contribution in [0, 0.1) is 0 Å². The molecule has 0 aliphatic carbocycles. The molecule has 0 aliphatic rings. The van der Waals surface area contributed by atoms with Crippen molar-refractivity contribution in [3.63, 3.8) is 0 Å². The van der Waals surface area contributed by atoms with Crippen molar-refractivity contribution in [1.82, 2.24) is 9.88 Å². The van der Waals surface area contributed by atoms with Crippen molar-refractivity contribution < 1.29 is 4.79 Å². The predicted molar refractivity (Wildman–Crippen MR) is 63.5 cm³/mol. The smallest absolute Gasteiger partial charge is 0.250 e. The highest BCUT2D eigenvalue weighted by Crippen LogP contribution is 2.02. The topological polar surface area (TPSA) is 63.1 Å². The van der Waals surface area contributed by atoms with E-state index in [9.17, 15) is 9.59 Å². The molecule has 0 spiro atoms. The van der Waals surface area contributed by atoms with Crippen molar-refractivity contribution in [2.24, 2.45) is 0 Å². The van der Waals surface area contributed by atoms with Gasteiger partial charge in [-0.1, -0.05) is 6.92 Å². The molecule has 0 bridgehead atoms. The van der Waals surface area contributed by atoms with E-state index in [1.54, 1.807) is 16.8 Å². The van der Waals surface area contributed by atoms with Crippen LogP contribution in [0.25, 0.3) is 0 Å². The van der Waals surface area contributed by atoms with Crippen LogP contribution in [-0.4, -0.2) is 23.6 Å². The maximum Gasteiger partial charge on any atom is 0.250 e. The number of nitrogens with one attached hydrogen (secondary N) is 2. The minimum absolute atomic E-state index is 0.0628. The van der Waals surface area contributed by atoms with E-state index in [2.05, 4.69) is 10.6 Å². The summed E-state index contributed by atoms with van der Waals surface area (Å²) in [6.45, 7) is 5.44. The fourth-order valence-electron chi connectivity index (χ4n) is 1.30. The molecular weight excluding hydrogens is 206 g/mol. The molecule has 88 valence electrons. The van der Waals surface area contributed by atoms with Crippen LogP contribution in [0.1, 0.15) is 13.8 Å². The second-order valence-corrected chi connectivity index (χ2v) is 3.37. The minimum atomic E-state index is -0.108. The molecule has 0 saturated carbocycles. The van der Waals surface area contributed by atoms with Gasteiger partial charge in [-0.05, 0) is 19.5 Å². The van der Waals surface area contributed by atoms with Crippen LogP contribution in [0.3, 0.4) is 0 Å². The van der Waals surface area contributed by atoms with Crippen LogP contribution in [0.15, 0.2) is 23.1 Å². The molecule has 1 heterocycles. The first-order valence-electron chi connectivity index (χ1n) is 5.38. The van der Waals surface area contributed by atoms with Crippen molar-refractivity contribution in [2.45, 2.75) is 20.4 Å². The number of aromatic nitrogens is 1. The van der Waals surface area contributed by atoms with Gasteiger partial charge in [0.15, 0.2) is 0 Å². The van der Waals surface area contributed by atoms with Gasteiger partial charge in [0.05, 0.1) is 12.2 Å². The quantitative estimate of drug-likeness (QED) is 0.760. The van der Waals surface area contributed by atoms with Gasteiger partial charge in [0, 0.05) is 18.8 Å². The number of nitrogens with zero attached hydrogens (tertiary/aromatic N) is 1. The number of amides is 1. The average Bonchev–Trinajstić information content (AvgIpc) is 2.29. The molecule has 0 radical (unpaired) electrons. The van der Waals surface area contributed by atoms with E-state index < -0.39 is 0 Å². The first-order valence-corrected chi connectivity index (χ1v) is 5.38. The van der Waals surface area contributed by atoms with Crippen LogP contribution in [-0.2, 0) is 11.3 Å². The third-order valence-electron chi connectivity index (χ3n) is 2.14. The number of hydrogen-bond acceptors (Lipinski definition) is 3. The second-order valence-electron chi connectivity index (χ2n) is 3.37. The molecule has 1 amide bonds. The summed E-state index contributed by atoms with van der Waals surface area (Å²) < 4.78 is 1.54. The normalized spacial score (nSPS) is 10.1. The molecule has 1 aromatic heterocycles. The SMILES string of the molecule is CCNCC(=O)Nc1ccc(=O)n(CC)c1. The zero-order chi connectivity index (χ0) is 12.0. The van der Waals surface area contributed by atoms with E-state index in [0.717, 1.165) is 6.54 Å².